The number of aliphatic hydroxyl groups excluding tert-OH is 3. The third-order valence-electron chi connectivity index (χ3n) is 12.2. The van der Waals surface area contributed by atoms with E-state index in [1.54, 1.807) is 0 Å². The minimum absolute atomic E-state index is 0.0888. The smallest absolute Gasteiger partial charge is 0.330 e. The number of ether oxygens (including phenoxy) is 1. The number of carbonyl (C=O) groups is 2. The maximum atomic E-state index is 12.6. The van der Waals surface area contributed by atoms with Crippen molar-refractivity contribution < 1.29 is 29.6 Å². The number of hydrogen-bond donors (Lipinski definition) is 4. The monoisotopic (exact) mass is 561 g/mol. The summed E-state index contributed by atoms with van der Waals surface area (Å²) >= 11 is 0. The standard InChI is InChI=1S/C33H55NO6/c1-5-30(39)40-17-9-7-6-8-16-34-29(38)13-10-21(2)24-11-12-25-31-26(20-28(37)33(24,25)4)32(3)15-14-23(35)18-22(32)19-27(31)36/h5,21-28,31,35-37H,1,6-20H2,2-4H3,(H,34,38)/t21-,22?,23-,24-,25+,26+,27-,28+,31+,32+,33-/m1/s1. The molecule has 11 atom stereocenters. The summed E-state index contributed by atoms with van der Waals surface area (Å²) in [5.41, 5.74) is -0.138. The quantitative estimate of drug-likeness (QED) is 0.155. The topological polar surface area (TPSA) is 116 Å². The molecule has 4 aliphatic carbocycles. The Labute approximate surface area is 241 Å². The molecule has 0 radical (unpaired) electrons. The molecule has 4 rings (SSSR count). The average molecular weight is 562 g/mol. The van der Waals surface area contributed by atoms with Gasteiger partial charge in [0.1, 0.15) is 0 Å². The van der Waals surface area contributed by atoms with Gasteiger partial charge in [-0.1, -0.05) is 33.8 Å². The predicted octanol–water partition coefficient (Wildman–Crippen LogP) is 4.77. The molecule has 1 unspecified atom stereocenters. The lowest BCUT2D eigenvalue weighted by molar-refractivity contribution is -0.207. The second kappa shape index (κ2) is 13.2. The van der Waals surface area contributed by atoms with E-state index in [1.807, 2.05) is 0 Å². The van der Waals surface area contributed by atoms with E-state index in [-0.39, 0.29) is 40.8 Å². The third kappa shape index (κ3) is 6.32. The Kier molecular flexibility index (Phi) is 10.4. The SMILES string of the molecule is C=CC(=O)OCCCCCCNC(=O)CC[C@@H](C)[C@H]1CC[C@H]2[C@@H]3[C@H](O)CC4C[C@H](O)CC[C@]4(C)[C@H]3C[C@H](O)[C@]12C. The van der Waals surface area contributed by atoms with E-state index in [9.17, 15) is 24.9 Å². The molecule has 0 aliphatic heterocycles. The van der Waals surface area contributed by atoms with Crippen molar-refractivity contribution in [1.82, 2.24) is 5.32 Å². The molecule has 0 aromatic heterocycles. The largest absolute Gasteiger partial charge is 0.463 e. The molecule has 4 fully saturated rings. The van der Waals surface area contributed by atoms with E-state index >= 15 is 0 Å². The Hall–Kier alpha value is -1.44. The molecule has 0 aromatic carbocycles. The molecule has 0 saturated heterocycles. The molecule has 1 amide bonds. The van der Waals surface area contributed by atoms with Crippen LogP contribution in [0.1, 0.15) is 104 Å². The molecule has 7 nitrogen and oxygen atoms in total. The lowest BCUT2D eigenvalue weighted by Gasteiger charge is -2.63. The van der Waals surface area contributed by atoms with Crippen molar-refractivity contribution in [3.8, 4) is 0 Å². The van der Waals surface area contributed by atoms with Gasteiger partial charge in [-0.05, 0) is 117 Å². The van der Waals surface area contributed by atoms with Crippen LogP contribution < -0.4 is 5.32 Å². The summed E-state index contributed by atoms with van der Waals surface area (Å²) in [4.78, 5) is 23.6. The first-order valence-corrected chi connectivity index (χ1v) is 16.1. The van der Waals surface area contributed by atoms with E-state index in [1.165, 1.54) is 6.08 Å². The van der Waals surface area contributed by atoms with Gasteiger partial charge in [-0.25, -0.2) is 4.79 Å². The number of esters is 1. The van der Waals surface area contributed by atoms with Gasteiger partial charge in [0.15, 0.2) is 0 Å². The van der Waals surface area contributed by atoms with Crippen molar-refractivity contribution in [2.24, 2.45) is 46.3 Å². The summed E-state index contributed by atoms with van der Waals surface area (Å²) in [5, 5.41) is 36.6. The molecular formula is C33H55NO6. The van der Waals surface area contributed by atoms with E-state index in [0.717, 1.165) is 77.0 Å². The molecular weight excluding hydrogens is 506 g/mol. The number of amides is 1. The first-order valence-electron chi connectivity index (χ1n) is 16.1. The molecule has 0 spiro atoms. The van der Waals surface area contributed by atoms with Gasteiger partial charge in [-0.2, -0.15) is 0 Å². The molecule has 40 heavy (non-hydrogen) atoms. The zero-order valence-corrected chi connectivity index (χ0v) is 25.2. The zero-order chi connectivity index (χ0) is 29.1. The van der Waals surface area contributed by atoms with Gasteiger partial charge < -0.3 is 25.4 Å². The zero-order valence-electron chi connectivity index (χ0n) is 25.2. The Balaban J connectivity index is 1.25. The number of unbranched alkanes of at least 4 members (excludes halogenated alkanes) is 3. The highest BCUT2D eigenvalue weighted by Crippen LogP contribution is 2.68. The van der Waals surface area contributed by atoms with Crippen LogP contribution >= 0.6 is 0 Å². The van der Waals surface area contributed by atoms with Gasteiger partial charge >= 0.3 is 5.97 Å². The normalized spacial score (nSPS) is 41.2. The maximum Gasteiger partial charge on any atom is 0.330 e. The van der Waals surface area contributed by atoms with Crippen molar-refractivity contribution in [3.05, 3.63) is 12.7 Å². The van der Waals surface area contributed by atoms with Crippen molar-refractivity contribution in [1.29, 1.82) is 0 Å². The lowest BCUT2D eigenvalue weighted by Crippen LogP contribution is -2.62. The summed E-state index contributed by atoms with van der Waals surface area (Å²) in [6, 6.07) is 0. The second-order valence-electron chi connectivity index (χ2n) is 14.2. The fraction of sp³-hybridized carbons (Fsp3) is 0.879. The van der Waals surface area contributed by atoms with E-state index < -0.39 is 6.10 Å². The molecule has 7 heteroatoms. The molecule has 0 heterocycles. The van der Waals surface area contributed by atoms with Crippen LogP contribution in [0.25, 0.3) is 0 Å². The Bertz CT molecular complexity index is 894. The van der Waals surface area contributed by atoms with Gasteiger partial charge in [-0.15, -0.1) is 0 Å². The van der Waals surface area contributed by atoms with Crippen molar-refractivity contribution in [3.63, 3.8) is 0 Å². The van der Waals surface area contributed by atoms with Crippen LogP contribution in [0.15, 0.2) is 12.7 Å². The van der Waals surface area contributed by atoms with Crippen LogP contribution in [0.3, 0.4) is 0 Å². The summed E-state index contributed by atoms with van der Waals surface area (Å²) in [6.45, 7) is 11.4. The van der Waals surface area contributed by atoms with Crippen LogP contribution in [0, 0.1) is 46.3 Å². The molecule has 4 aliphatic rings. The first kappa shape index (κ1) is 31.5. The maximum absolute atomic E-state index is 12.6. The van der Waals surface area contributed by atoms with E-state index in [0.29, 0.717) is 49.2 Å². The highest BCUT2D eigenvalue weighted by atomic mass is 16.5. The average Bonchev–Trinajstić information content (AvgIpc) is 3.28. The molecule has 228 valence electrons. The van der Waals surface area contributed by atoms with Gasteiger partial charge in [0.25, 0.3) is 0 Å². The number of aliphatic hydroxyl groups is 3. The van der Waals surface area contributed by atoms with E-state index in [4.69, 9.17) is 4.74 Å². The fourth-order valence-electron chi connectivity index (χ4n) is 9.82. The van der Waals surface area contributed by atoms with Crippen molar-refractivity contribution in [2.75, 3.05) is 13.2 Å². The Morgan fingerprint density at radius 3 is 2.52 bits per heavy atom. The molecule has 0 aromatic rings. The predicted molar refractivity (Wildman–Crippen MR) is 155 cm³/mol. The Morgan fingerprint density at radius 2 is 1.77 bits per heavy atom. The number of rotatable bonds is 12. The van der Waals surface area contributed by atoms with Crippen LogP contribution in [-0.2, 0) is 14.3 Å². The molecule has 4 saturated carbocycles. The number of fused-ring (bicyclic) bond motifs is 5. The number of nitrogens with one attached hydrogen (secondary N) is 1. The van der Waals surface area contributed by atoms with E-state index in [2.05, 4.69) is 32.7 Å². The van der Waals surface area contributed by atoms with Crippen LogP contribution in [0.5, 0.6) is 0 Å². The van der Waals surface area contributed by atoms with Crippen LogP contribution in [0.4, 0.5) is 0 Å². The van der Waals surface area contributed by atoms with Crippen molar-refractivity contribution in [2.45, 2.75) is 123 Å². The van der Waals surface area contributed by atoms with Crippen LogP contribution in [0.2, 0.25) is 0 Å². The summed E-state index contributed by atoms with van der Waals surface area (Å²) in [7, 11) is 0. The summed E-state index contributed by atoms with van der Waals surface area (Å²) < 4.78 is 4.98. The highest BCUT2D eigenvalue weighted by molar-refractivity contribution is 5.81. The third-order valence-corrected chi connectivity index (χ3v) is 12.2. The van der Waals surface area contributed by atoms with Gasteiger partial charge in [0, 0.05) is 19.0 Å². The van der Waals surface area contributed by atoms with Crippen molar-refractivity contribution >= 4 is 11.9 Å². The second-order valence-corrected chi connectivity index (χ2v) is 14.2. The van der Waals surface area contributed by atoms with Gasteiger partial charge in [0.2, 0.25) is 5.91 Å². The number of carbonyl (C=O) groups excluding carboxylic acids is 2. The van der Waals surface area contributed by atoms with Crippen LogP contribution in [-0.4, -0.2) is 58.7 Å². The molecule has 0 bridgehead atoms. The van der Waals surface area contributed by atoms with Gasteiger partial charge in [-0.3, -0.25) is 4.79 Å². The minimum Gasteiger partial charge on any atom is -0.463 e. The number of hydrogen-bond acceptors (Lipinski definition) is 6. The molecule has 4 N–H and O–H groups in total. The first-order chi connectivity index (χ1) is 19.0. The van der Waals surface area contributed by atoms with Gasteiger partial charge in [0.05, 0.1) is 24.9 Å². The Morgan fingerprint density at radius 1 is 1.02 bits per heavy atom. The summed E-state index contributed by atoms with van der Waals surface area (Å²) in [6.07, 6.45) is 11.4. The fourth-order valence-corrected chi connectivity index (χ4v) is 9.82. The summed E-state index contributed by atoms with van der Waals surface area (Å²) in [5.74, 6) is 1.57. The minimum atomic E-state index is -0.391. The highest BCUT2D eigenvalue weighted by Gasteiger charge is 2.65. The lowest BCUT2D eigenvalue weighted by atomic mass is 9.43.